The number of halogens is 1. The molecule has 8 rings (SSSR count). The molecule has 0 aromatic carbocycles. The molecular formula is C79H158FN9O2. The van der Waals surface area contributed by atoms with Gasteiger partial charge in [0.2, 0.25) is 0 Å². The van der Waals surface area contributed by atoms with Crippen LogP contribution in [0.3, 0.4) is 0 Å². The van der Waals surface area contributed by atoms with Gasteiger partial charge >= 0.3 is 0 Å². The molecule has 7 aliphatic heterocycles. The Bertz CT molecular complexity index is 1970. The van der Waals surface area contributed by atoms with Gasteiger partial charge in [-0.15, -0.1) is 0 Å². The van der Waals surface area contributed by atoms with Crippen LogP contribution in [0, 0.1) is 46.3 Å². The quantitative estimate of drug-likeness (QED) is 0.132. The van der Waals surface area contributed by atoms with Crippen LogP contribution in [0.15, 0.2) is 0 Å². The molecular weight excluding hydrogens is 1130 g/mol. The van der Waals surface area contributed by atoms with E-state index in [1.165, 1.54) is 156 Å². The van der Waals surface area contributed by atoms with Crippen molar-refractivity contribution >= 4 is 0 Å². The van der Waals surface area contributed by atoms with E-state index in [0.717, 1.165) is 94.5 Å². The molecule has 8 aliphatic rings. The van der Waals surface area contributed by atoms with E-state index in [4.69, 9.17) is 9.47 Å². The number of piperidine rings is 4. The van der Waals surface area contributed by atoms with Crippen molar-refractivity contribution in [2.45, 2.75) is 315 Å². The summed E-state index contributed by atoms with van der Waals surface area (Å²) >= 11 is 0. The zero-order valence-corrected chi connectivity index (χ0v) is 65.8. The Morgan fingerprint density at radius 2 is 0.868 bits per heavy atom. The summed E-state index contributed by atoms with van der Waals surface area (Å²) < 4.78 is 27.1. The summed E-state index contributed by atoms with van der Waals surface area (Å²) in [5.41, 5.74) is 1.14. The summed E-state index contributed by atoms with van der Waals surface area (Å²) in [7, 11) is 0. The lowest BCUT2D eigenvalue weighted by Gasteiger charge is -2.45. The minimum atomic E-state index is -0.974. The monoisotopic (exact) mass is 1280 g/mol. The summed E-state index contributed by atoms with van der Waals surface area (Å²) in [6.45, 7) is 86.1. The molecule has 1 saturated carbocycles. The molecule has 0 radical (unpaired) electrons. The van der Waals surface area contributed by atoms with Gasteiger partial charge in [0.25, 0.3) is 0 Å². The molecule has 8 fully saturated rings. The van der Waals surface area contributed by atoms with E-state index in [0.29, 0.717) is 59.0 Å². The Hall–Kier alpha value is -0.510. The van der Waals surface area contributed by atoms with Gasteiger partial charge in [0.1, 0.15) is 5.67 Å². The first-order valence-electron chi connectivity index (χ1n) is 38.3. The molecule has 0 N–H and O–H groups in total. The Morgan fingerprint density at radius 1 is 0.440 bits per heavy atom. The first-order valence-corrected chi connectivity index (χ1v) is 38.3. The number of likely N-dealkylation sites (tertiary alicyclic amines) is 6. The lowest BCUT2D eigenvalue weighted by atomic mass is 9.81. The molecule has 0 amide bonds. The maximum Gasteiger partial charge on any atom is 0.126 e. The fourth-order valence-electron chi connectivity index (χ4n) is 15.9. The molecule has 0 atom stereocenters. The van der Waals surface area contributed by atoms with Gasteiger partial charge in [0, 0.05) is 133 Å². The van der Waals surface area contributed by atoms with Crippen LogP contribution in [0.2, 0.25) is 0 Å². The van der Waals surface area contributed by atoms with Crippen LogP contribution in [0.5, 0.6) is 0 Å². The topological polar surface area (TPSA) is 47.6 Å². The Morgan fingerprint density at radius 3 is 1.29 bits per heavy atom. The second-order valence-electron chi connectivity index (χ2n) is 40.0. The zero-order chi connectivity index (χ0) is 68.2. The summed E-state index contributed by atoms with van der Waals surface area (Å²) in [6.07, 6.45) is 17.0. The van der Waals surface area contributed by atoms with Crippen molar-refractivity contribution in [3.8, 4) is 0 Å². The number of hydrogen-bond donors (Lipinski definition) is 0. The van der Waals surface area contributed by atoms with Crippen molar-refractivity contribution in [3.63, 3.8) is 0 Å². The van der Waals surface area contributed by atoms with Crippen molar-refractivity contribution in [1.82, 2.24) is 44.1 Å². The second kappa shape index (κ2) is 34.5. The van der Waals surface area contributed by atoms with E-state index in [1.807, 2.05) is 0 Å². The van der Waals surface area contributed by atoms with Crippen LogP contribution >= 0.6 is 0 Å². The summed E-state index contributed by atoms with van der Waals surface area (Å²) in [5, 5.41) is 0. The third kappa shape index (κ3) is 31.5. The van der Waals surface area contributed by atoms with E-state index >= 15 is 4.39 Å². The summed E-state index contributed by atoms with van der Waals surface area (Å²) in [6, 6.07) is 0.656. The van der Waals surface area contributed by atoms with Crippen molar-refractivity contribution in [2.24, 2.45) is 46.3 Å². The van der Waals surface area contributed by atoms with Crippen LogP contribution in [0.4, 0.5) is 4.39 Å². The van der Waals surface area contributed by atoms with Gasteiger partial charge in [-0.05, 0) is 308 Å². The van der Waals surface area contributed by atoms with Gasteiger partial charge in [0.05, 0.1) is 23.9 Å². The minimum Gasteiger partial charge on any atom is -0.375 e. The van der Waals surface area contributed by atoms with Crippen LogP contribution in [0.1, 0.15) is 263 Å². The molecule has 1 aliphatic carbocycles. The largest absolute Gasteiger partial charge is 0.375 e. The molecule has 0 aromatic rings. The molecule has 11 nitrogen and oxygen atoms in total. The third-order valence-electron chi connectivity index (χ3n) is 21.9. The smallest absolute Gasteiger partial charge is 0.126 e. The van der Waals surface area contributed by atoms with Crippen molar-refractivity contribution in [2.75, 3.05) is 151 Å². The van der Waals surface area contributed by atoms with E-state index < -0.39 is 5.67 Å². The highest BCUT2D eigenvalue weighted by molar-refractivity contribution is 4.94. The van der Waals surface area contributed by atoms with Crippen LogP contribution < -0.4 is 0 Å². The maximum absolute atomic E-state index is 15.2. The predicted molar refractivity (Wildman–Crippen MR) is 392 cm³/mol. The van der Waals surface area contributed by atoms with Gasteiger partial charge in [-0.3, -0.25) is 24.5 Å². The Balaban J connectivity index is 0.000000221. The predicted octanol–water partition coefficient (Wildman–Crippen LogP) is 15.9. The highest BCUT2D eigenvalue weighted by atomic mass is 19.1. The lowest BCUT2D eigenvalue weighted by molar-refractivity contribution is -0.116. The fraction of sp³-hybridized carbons (Fsp3) is 1.00. The summed E-state index contributed by atoms with van der Waals surface area (Å²) in [4.78, 5) is 23.3. The molecule has 0 spiro atoms. The molecule has 7 heterocycles. The van der Waals surface area contributed by atoms with E-state index in [2.05, 4.69) is 224 Å². The first kappa shape index (κ1) is 81.2. The molecule has 91 heavy (non-hydrogen) atoms. The van der Waals surface area contributed by atoms with Crippen molar-refractivity contribution in [1.29, 1.82) is 0 Å². The molecule has 12 heteroatoms. The first-order chi connectivity index (χ1) is 41.7. The highest BCUT2D eigenvalue weighted by Gasteiger charge is 2.40. The average molecular weight is 1290 g/mol. The molecule has 7 saturated heterocycles. The van der Waals surface area contributed by atoms with Gasteiger partial charge in [-0.2, -0.15) is 0 Å². The number of hydrogen-bond acceptors (Lipinski definition) is 11. The SMILES string of the molecule is CC(C)(C)CCC1CN(CC2CCN(C(C)(C)C)CC2)C1.CC(C)(C)CN1CCC(F)(CN2CCN(C(C)(C)C)CC2)CC1.CC(C)(C)OCCN1CC(CC2CCN(C(C)(C)C)CC2)C1.CC(C)N(CC1CCN(C(C)(C)C)CC1)CC1CC(OC(C)(C)C)C1. The Labute approximate surface area is 566 Å². The van der Waals surface area contributed by atoms with Crippen LogP contribution in [-0.4, -0.2) is 246 Å². The van der Waals surface area contributed by atoms with Gasteiger partial charge in [-0.1, -0.05) is 41.5 Å². The molecule has 0 unspecified atom stereocenters. The zero-order valence-electron chi connectivity index (χ0n) is 65.8. The maximum atomic E-state index is 15.2. The van der Waals surface area contributed by atoms with E-state index in [1.54, 1.807) is 0 Å². The van der Waals surface area contributed by atoms with Gasteiger partial charge in [-0.25, -0.2) is 4.39 Å². The fourth-order valence-corrected chi connectivity index (χ4v) is 15.9. The number of rotatable bonds is 18. The molecule has 0 aromatic heterocycles. The minimum absolute atomic E-state index is 0.00525. The number of ether oxygens (including phenoxy) is 2. The van der Waals surface area contributed by atoms with Crippen LogP contribution in [0.25, 0.3) is 0 Å². The Kier molecular flexibility index (Phi) is 30.8. The van der Waals surface area contributed by atoms with Gasteiger partial charge < -0.3 is 29.1 Å². The standard InChI is InChI=1S/C22H44N2O.C19H38FN3.C19H38N2O.C19H38N2/c1-17(2)23(16-19-13-20(14-19)25-22(6,7)8)15-18-9-11-24(12-10-18)21(3,4)5;1-17(2,3)15-21-9-7-19(20,8-10-21)16-22-11-13-23(14-12-22)18(4,5)6;1-18(2,3)21-9-7-16(8-10-21)13-17-14-20(15-17)11-12-22-19(4,5)6;1-18(2,3)10-7-17-14-20(15-17)13-16-8-11-21(12-9-16)19(4,5)6/h17-20H,9-16H2,1-8H3;7-16H2,1-6H3;16-17H,7-15H2,1-6H3;16-17H,7-15H2,1-6H3. The normalized spacial score (nSPS) is 25.3. The lowest BCUT2D eigenvalue weighted by Crippen LogP contribution is -2.57. The van der Waals surface area contributed by atoms with E-state index in [-0.39, 0.29) is 16.7 Å². The molecule has 0 bridgehead atoms. The second-order valence-corrected chi connectivity index (χ2v) is 40.0. The highest BCUT2D eigenvalue weighted by Crippen LogP contribution is 2.37. The van der Waals surface area contributed by atoms with E-state index in [9.17, 15) is 0 Å². The van der Waals surface area contributed by atoms with Crippen molar-refractivity contribution in [3.05, 3.63) is 0 Å². The molecule has 538 valence electrons. The van der Waals surface area contributed by atoms with Crippen LogP contribution in [-0.2, 0) is 9.47 Å². The number of nitrogens with zero attached hydrogens (tertiary/aromatic N) is 9. The number of piperazine rings is 1. The average Bonchev–Trinajstić information content (AvgIpc) is 1.04. The number of alkyl halides is 1. The summed E-state index contributed by atoms with van der Waals surface area (Å²) in [5.74, 6) is 5.57. The van der Waals surface area contributed by atoms with Crippen molar-refractivity contribution < 1.29 is 13.9 Å². The third-order valence-corrected chi connectivity index (χ3v) is 21.9. The van der Waals surface area contributed by atoms with Gasteiger partial charge in [0.15, 0.2) is 0 Å².